The fourth-order valence-corrected chi connectivity index (χ4v) is 8.28. The Kier molecular flexibility index (Phi) is 14.8. The number of aromatic nitrogens is 8. The molecule has 1 aliphatic heterocycles. The molecule has 6 aromatic rings. The third-order valence-electron chi connectivity index (χ3n) is 11.5. The molecule has 7 rings (SSSR count). The first-order valence-electron chi connectivity index (χ1n) is 22.1. The maximum atomic E-state index is 13.9. The van der Waals surface area contributed by atoms with E-state index < -0.39 is 23.6 Å². The van der Waals surface area contributed by atoms with Crippen LogP contribution in [0, 0.1) is 13.8 Å². The minimum atomic E-state index is -0.681. The number of benzene rings is 2. The lowest BCUT2D eigenvalue weighted by Crippen LogP contribution is -2.33. The Morgan fingerprint density at radius 2 is 1.25 bits per heavy atom. The Hall–Kier alpha value is -7.36. The first kappa shape index (κ1) is 47.6. The number of aryl methyl sites for hydroxylation is 4. The van der Waals surface area contributed by atoms with Gasteiger partial charge < -0.3 is 40.1 Å². The molecular weight excluding hydrogens is 861 g/mol. The minimum absolute atomic E-state index is 0.118. The number of fused-ring (bicyclic) bond motifs is 2. The molecule has 0 saturated carbocycles. The second kappa shape index (κ2) is 20.9. The maximum absolute atomic E-state index is 13.9. The molecule has 0 spiro atoms. The van der Waals surface area contributed by atoms with Crippen LogP contribution in [0.3, 0.4) is 0 Å². The molecule has 354 valence electrons. The van der Waals surface area contributed by atoms with Crippen LogP contribution in [0.1, 0.15) is 73.3 Å². The molecule has 0 bridgehead atoms. The smallest absolute Gasteiger partial charge is 0.276 e. The summed E-state index contributed by atoms with van der Waals surface area (Å²) in [4.78, 5) is 64.3. The third kappa shape index (κ3) is 10.5. The van der Waals surface area contributed by atoms with Crippen LogP contribution in [-0.4, -0.2) is 127 Å². The molecule has 2 atom stereocenters. The highest BCUT2D eigenvalue weighted by atomic mass is 16.5. The summed E-state index contributed by atoms with van der Waals surface area (Å²) < 4.78 is 24.9. The predicted molar refractivity (Wildman–Crippen MR) is 253 cm³/mol. The van der Waals surface area contributed by atoms with Crippen LogP contribution in [0.15, 0.2) is 60.7 Å². The lowest BCUT2D eigenvalue weighted by Gasteiger charge is -2.17. The topological polar surface area (TPSA) is 259 Å². The minimum Gasteiger partial charge on any atom is -0.494 e. The van der Waals surface area contributed by atoms with Crippen LogP contribution in [0.25, 0.3) is 22.1 Å². The van der Waals surface area contributed by atoms with Crippen LogP contribution >= 0.6 is 0 Å². The van der Waals surface area contributed by atoms with E-state index in [4.69, 9.17) is 35.6 Å². The van der Waals surface area contributed by atoms with Crippen LogP contribution in [-0.2, 0) is 30.9 Å². The number of methoxy groups -OCH3 is 1. The van der Waals surface area contributed by atoms with Gasteiger partial charge in [-0.1, -0.05) is 18.2 Å². The summed E-state index contributed by atoms with van der Waals surface area (Å²) in [5, 5.41) is 18.0. The van der Waals surface area contributed by atoms with E-state index in [2.05, 4.69) is 38.1 Å². The van der Waals surface area contributed by atoms with Gasteiger partial charge in [0.05, 0.1) is 42.2 Å². The molecule has 1 aliphatic rings. The number of nitrogens with two attached hydrogens (primary N) is 2. The van der Waals surface area contributed by atoms with Crippen molar-refractivity contribution < 1.29 is 33.4 Å². The Balaban J connectivity index is 1.21. The number of allylic oxidation sites excluding steroid dienone is 2. The van der Waals surface area contributed by atoms with Crippen LogP contribution in [0.2, 0.25) is 0 Å². The number of carbonyl (C=O) groups excluding carboxylic acids is 4. The molecule has 7 N–H and O–H groups in total. The average Bonchev–Trinajstić information content (AvgIpc) is 4.12. The van der Waals surface area contributed by atoms with Crippen molar-refractivity contribution in [3.8, 4) is 11.5 Å². The van der Waals surface area contributed by atoms with Gasteiger partial charge in [-0.25, -0.2) is 9.97 Å². The number of primary amides is 2. The van der Waals surface area contributed by atoms with Gasteiger partial charge in [-0.3, -0.25) is 44.1 Å². The fraction of sp³-hybridized carbons (Fsp3) is 0.391. The van der Waals surface area contributed by atoms with Gasteiger partial charge >= 0.3 is 0 Å². The van der Waals surface area contributed by atoms with E-state index in [-0.39, 0.29) is 48.8 Å². The van der Waals surface area contributed by atoms with Gasteiger partial charge in [-0.15, -0.1) is 0 Å². The summed E-state index contributed by atoms with van der Waals surface area (Å²) in [6.07, 6.45) is 8.48. The molecule has 5 heterocycles. The number of imidazole rings is 2. The van der Waals surface area contributed by atoms with Crippen molar-refractivity contribution in [2.45, 2.75) is 72.4 Å². The lowest BCUT2D eigenvalue weighted by atomic mass is 10.1. The fourth-order valence-electron chi connectivity index (χ4n) is 8.28. The van der Waals surface area contributed by atoms with Gasteiger partial charge in [0, 0.05) is 56.4 Å². The van der Waals surface area contributed by atoms with E-state index in [1.165, 1.54) is 19.2 Å². The number of hydrogen-bond donors (Lipinski definition) is 5. The average molecular weight is 919 g/mol. The molecule has 2 unspecified atom stereocenters. The number of nitrogens with one attached hydrogen (secondary N) is 3. The maximum Gasteiger partial charge on any atom is 0.276 e. The van der Waals surface area contributed by atoms with Crippen molar-refractivity contribution >= 4 is 57.6 Å². The Morgan fingerprint density at radius 3 is 1.75 bits per heavy atom. The summed E-state index contributed by atoms with van der Waals surface area (Å²) in [7, 11) is 5.51. The van der Waals surface area contributed by atoms with Gasteiger partial charge in [-0.2, -0.15) is 10.2 Å². The number of likely N-dealkylation sites (N-methyl/N-ethyl adjacent to an activating group) is 2. The zero-order valence-corrected chi connectivity index (χ0v) is 38.8. The predicted octanol–water partition coefficient (Wildman–Crippen LogP) is 3.65. The number of rotatable bonds is 21. The van der Waals surface area contributed by atoms with E-state index in [9.17, 15) is 19.2 Å². The van der Waals surface area contributed by atoms with E-state index in [0.29, 0.717) is 82.1 Å². The molecule has 21 nitrogen and oxygen atoms in total. The molecule has 21 heteroatoms. The first-order chi connectivity index (χ1) is 32.2. The number of likely N-dealkylation sites (tertiary alicyclic amines) is 1. The van der Waals surface area contributed by atoms with E-state index in [1.54, 1.807) is 56.6 Å². The third-order valence-corrected chi connectivity index (χ3v) is 11.5. The molecule has 0 aliphatic carbocycles. The Morgan fingerprint density at radius 1 is 0.746 bits per heavy atom. The number of carbonyl (C=O) groups is 4. The molecule has 4 aromatic heterocycles. The highest BCUT2D eigenvalue weighted by Gasteiger charge is 2.29. The van der Waals surface area contributed by atoms with Crippen molar-refractivity contribution in [1.82, 2.24) is 48.9 Å². The van der Waals surface area contributed by atoms with Gasteiger partial charge in [0.15, 0.2) is 0 Å². The Bertz CT molecular complexity index is 2870. The highest BCUT2D eigenvalue weighted by Crippen LogP contribution is 2.33. The van der Waals surface area contributed by atoms with Crippen LogP contribution in [0.5, 0.6) is 11.5 Å². The zero-order valence-electron chi connectivity index (χ0n) is 38.8. The summed E-state index contributed by atoms with van der Waals surface area (Å²) in [5.41, 5.74) is 15.5. The Labute approximate surface area is 387 Å². The summed E-state index contributed by atoms with van der Waals surface area (Å²) >= 11 is 0. The highest BCUT2D eigenvalue weighted by molar-refractivity contribution is 6.05. The normalized spacial score (nSPS) is 15.4. The number of hydrogen-bond acceptors (Lipinski definition) is 13. The summed E-state index contributed by atoms with van der Waals surface area (Å²) in [5.74, 6) is -1.27. The SMILES string of the molecule is CCn1nc(C)cc1C(=O)Nc1nc2cc(C(N)=O)cc(OC)c2n1C/C=C/Cn1c(NC(=O)c2cc(C)nn2CC)nc2cc(C(N)=O)cc(OC/C=C/COC3CC(CNC)N(C)C3)c21. The van der Waals surface area contributed by atoms with Crippen molar-refractivity contribution in [3.63, 3.8) is 0 Å². The van der Waals surface area contributed by atoms with Crippen molar-refractivity contribution in [1.29, 1.82) is 0 Å². The number of nitrogens with zero attached hydrogens (tertiary/aromatic N) is 9. The molecule has 67 heavy (non-hydrogen) atoms. The van der Waals surface area contributed by atoms with Gasteiger partial charge in [-0.05, 0) is 90.7 Å². The van der Waals surface area contributed by atoms with Crippen molar-refractivity contribution in [3.05, 3.63) is 94.6 Å². The van der Waals surface area contributed by atoms with Gasteiger partial charge in [0.25, 0.3) is 11.8 Å². The van der Waals surface area contributed by atoms with Crippen LogP contribution in [0.4, 0.5) is 11.9 Å². The largest absolute Gasteiger partial charge is 0.494 e. The number of amides is 4. The molecular formula is C46H58N14O7. The zero-order chi connectivity index (χ0) is 47.9. The van der Waals surface area contributed by atoms with E-state index >= 15 is 0 Å². The molecule has 1 fully saturated rings. The summed E-state index contributed by atoms with van der Waals surface area (Å²) in [6, 6.07) is 9.96. The lowest BCUT2D eigenvalue weighted by molar-refractivity contribution is 0.0819. The first-order valence-corrected chi connectivity index (χ1v) is 22.1. The van der Waals surface area contributed by atoms with Crippen LogP contribution < -0.4 is 36.9 Å². The van der Waals surface area contributed by atoms with Crippen molar-refractivity contribution in [2.75, 3.05) is 58.1 Å². The van der Waals surface area contributed by atoms with E-state index in [1.807, 2.05) is 45.2 Å². The van der Waals surface area contributed by atoms with Gasteiger partial charge in [0.1, 0.15) is 40.5 Å². The van der Waals surface area contributed by atoms with Gasteiger partial charge in [0.2, 0.25) is 23.7 Å². The summed E-state index contributed by atoms with van der Waals surface area (Å²) in [6.45, 7) is 10.9. The molecule has 0 radical (unpaired) electrons. The molecule has 1 saturated heterocycles. The number of anilines is 2. The quantitative estimate of drug-likeness (QED) is 0.0647. The molecule has 4 amide bonds. The standard InChI is InChI=1S/C46H58N14O7/c1-8-59-35(18-27(3)54-59)43(63)52-45-50-33-20-29(41(47)61)22-37(65-7)39(33)57(45)14-10-11-15-58-40-34(51-46(58)53-44(64)36-19-28(4)55-60(36)9-2)21-30(42(48)62)23-38(40)67-17-13-12-16-66-32-24-31(25-49-5)56(6)26-32/h10-13,18-23,31-32,49H,8-9,14-17,24-26H2,1-7H3,(H2,47,61)(H2,48,62)(H,50,52,63)(H,51,53,64)/b11-10+,13-12+. The second-order valence-corrected chi connectivity index (χ2v) is 16.2. The number of ether oxygens (including phenoxy) is 3. The molecule has 2 aromatic carbocycles. The second-order valence-electron chi connectivity index (χ2n) is 16.2. The van der Waals surface area contributed by atoms with Crippen molar-refractivity contribution in [2.24, 2.45) is 11.5 Å². The van der Waals surface area contributed by atoms with E-state index in [0.717, 1.165) is 19.5 Å². The monoisotopic (exact) mass is 918 g/mol.